The van der Waals surface area contributed by atoms with Crippen LogP contribution in [0.15, 0.2) is 53.4 Å². The van der Waals surface area contributed by atoms with Crippen LogP contribution < -0.4 is 5.32 Å². The summed E-state index contributed by atoms with van der Waals surface area (Å²) in [5, 5.41) is 3.17. The molecular weight excluding hydrogens is 372 g/mol. The molecule has 138 valence electrons. The number of anilines is 1. The first-order valence-electron chi connectivity index (χ1n) is 8.54. The van der Waals surface area contributed by atoms with E-state index in [1.54, 1.807) is 24.3 Å². The van der Waals surface area contributed by atoms with Gasteiger partial charge in [-0.15, -0.1) is 0 Å². The molecule has 1 heterocycles. The lowest BCUT2D eigenvalue weighted by atomic mass is 10.0. The molecule has 1 N–H and O–H groups in total. The molecule has 1 fully saturated rings. The molecule has 2 aromatic carbocycles. The highest BCUT2D eigenvalue weighted by Crippen LogP contribution is 2.24. The lowest BCUT2D eigenvalue weighted by Crippen LogP contribution is -2.37. The zero-order valence-corrected chi connectivity index (χ0v) is 16.1. The van der Waals surface area contributed by atoms with Crippen molar-refractivity contribution in [2.24, 2.45) is 5.92 Å². The molecule has 0 radical (unpaired) electrons. The van der Waals surface area contributed by atoms with Gasteiger partial charge in [0.25, 0.3) is 5.91 Å². The summed E-state index contributed by atoms with van der Waals surface area (Å²) in [5.41, 5.74) is 0.884. The number of carbonyl (C=O) groups is 1. The molecule has 7 heteroatoms. The van der Waals surface area contributed by atoms with E-state index < -0.39 is 10.0 Å². The number of para-hydroxylation sites is 1. The number of amides is 1. The number of hydrogen-bond donors (Lipinski definition) is 1. The molecule has 2 aromatic rings. The maximum Gasteiger partial charge on any atom is 0.255 e. The molecule has 0 aromatic heterocycles. The van der Waals surface area contributed by atoms with E-state index >= 15 is 0 Å². The first-order valence-corrected chi connectivity index (χ1v) is 10.4. The summed E-state index contributed by atoms with van der Waals surface area (Å²) in [6, 6.07) is 12.9. The number of halogens is 1. The van der Waals surface area contributed by atoms with Crippen LogP contribution in [-0.4, -0.2) is 31.7 Å². The highest BCUT2D eigenvalue weighted by Gasteiger charge is 2.28. The largest absolute Gasteiger partial charge is 0.321 e. The smallest absolute Gasteiger partial charge is 0.255 e. The number of carbonyl (C=O) groups excluding carboxylic acids is 1. The quantitative estimate of drug-likeness (QED) is 0.854. The molecule has 0 saturated carbocycles. The van der Waals surface area contributed by atoms with Crippen molar-refractivity contribution in [2.45, 2.75) is 24.7 Å². The van der Waals surface area contributed by atoms with Gasteiger partial charge in [-0.3, -0.25) is 4.79 Å². The summed E-state index contributed by atoms with van der Waals surface area (Å²) in [6.45, 7) is 3.22. The molecule has 0 spiro atoms. The van der Waals surface area contributed by atoms with E-state index in [2.05, 4.69) is 12.2 Å². The van der Waals surface area contributed by atoms with Crippen LogP contribution in [0.25, 0.3) is 0 Å². The standard InChI is InChI=1S/C19H21ClN2O3S/c1-14-10-12-22(13-11-14)26(24,25)16-8-6-15(7-9-16)19(23)21-18-5-3-2-4-17(18)20/h2-9,14H,10-13H2,1H3,(H,21,23). The zero-order chi connectivity index (χ0) is 18.7. The summed E-state index contributed by atoms with van der Waals surface area (Å²) in [5.74, 6) is 0.214. The fourth-order valence-electron chi connectivity index (χ4n) is 2.91. The molecule has 3 rings (SSSR count). The van der Waals surface area contributed by atoms with Crippen LogP contribution in [0.3, 0.4) is 0 Å². The van der Waals surface area contributed by atoms with Gasteiger partial charge in [0, 0.05) is 18.7 Å². The Morgan fingerprint density at radius 2 is 1.69 bits per heavy atom. The molecule has 0 unspecified atom stereocenters. The predicted octanol–water partition coefficient (Wildman–Crippen LogP) is 4.01. The van der Waals surface area contributed by atoms with Crippen molar-refractivity contribution in [3.8, 4) is 0 Å². The Labute approximate surface area is 159 Å². The van der Waals surface area contributed by atoms with E-state index in [9.17, 15) is 13.2 Å². The van der Waals surface area contributed by atoms with Gasteiger partial charge in [0.15, 0.2) is 0 Å². The van der Waals surface area contributed by atoms with Crippen LogP contribution >= 0.6 is 11.6 Å². The van der Waals surface area contributed by atoms with Crippen molar-refractivity contribution in [1.29, 1.82) is 0 Å². The topological polar surface area (TPSA) is 66.5 Å². The lowest BCUT2D eigenvalue weighted by molar-refractivity contribution is 0.102. The van der Waals surface area contributed by atoms with Crippen molar-refractivity contribution in [2.75, 3.05) is 18.4 Å². The fraction of sp³-hybridized carbons (Fsp3) is 0.316. The molecule has 1 aliphatic heterocycles. The monoisotopic (exact) mass is 392 g/mol. The number of piperidine rings is 1. The third-order valence-corrected chi connectivity index (χ3v) is 6.86. The van der Waals surface area contributed by atoms with Gasteiger partial charge < -0.3 is 5.32 Å². The first-order chi connectivity index (χ1) is 12.4. The number of rotatable bonds is 4. The Hall–Kier alpha value is -1.89. The second kappa shape index (κ2) is 7.78. The van der Waals surface area contributed by atoms with Gasteiger partial charge in [0.05, 0.1) is 15.6 Å². The van der Waals surface area contributed by atoms with Crippen molar-refractivity contribution >= 4 is 33.2 Å². The van der Waals surface area contributed by atoms with Gasteiger partial charge in [-0.05, 0) is 55.2 Å². The first kappa shape index (κ1) is 18.9. The van der Waals surface area contributed by atoms with E-state index in [-0.39, 0.29) is 10.8 Å². The Bertz CT molecular complexity index is 889. The average Bonchev–Trinajstić information content (AvgIpc) is 2.64. The summed E-state index contributed by atoms with van der Waals surface area (Å²) in [4.78, 5) is 12.5. The SMILES string of the molecule is CC1CCN(S(=O)(=O)c2ccc(C(=O)Nc3ccccc3Cl)cc2)CC1. The van der Waals surface area contributed by atoms with Crippen LogP contribution in [0.5, 0.6) is 0 Å². The number of hydrogen-bond acceptors (Lipinski definition) is 3. The Morgan fingerprint density at radius 3 is 2.31 bits per heavy atom. The average molecular weight is 393 g/mol. The van der Waals surface area contributed by atoms with Crippen LogP contribution in [0.2, 0.25) is 5.02 Å². The van der Waals surface area contributed by atoms with Gasteiger partial charge in [-0.25, -0.2) is 8.42 Å². The lowest BCUT2D eigenvalue weighted by Gasteiger charge is -2.29. The molecule has 1 amide bonds. The molecule has 0 atom stereocenters. The maximum absolute atomic E-state index is 12.7. The van der Waals surface area contributed by atoms with Crippen molar-refractivity contribution in [1.82, 2.24) is 4.31 Å². The molecule has 0 bridgehead atoms. The van der Waals surface area contributed by atoms with Crippen LogP contribution in [0, 0.1) is 5.92 Å². The summed E-state index contributed by atoms with van der Waals surface area (Å²) >= 11 is 6.04. The van der Waals surface area contributed by atoms with Gasteiger partial charge >= 0.3 is 0 Å². The van der Waals surface area contributed by atoms with E-state index in [1.807, 2.05) is 0 Å². The zero-order valence-electron chi connectivity index (χ0n) is 14.5. The van der Waals surface area contributed by atoms with Gasteiger partial charge in [0.1, 0.15) is 0 Å². The van der Waals surface area contributed by atoms with Gasteiger partial charge in [-0.2, -0.15) is 4.31 Å². The fourth-order valence-corrected chi connectivity index (χ4v) is 4.56. The second-order valence-electron chi connectivity index (χ2n) is 6.54. The van der Waals surface area contributed by atoms with E-state index in [1.165, 1.54) is 28.6 Å². The Balaban J connectivity index is 1.74. The minimum Gasteiger partial charge on any atom is -0.321 e. The predicted molar refractivity (Wildman–Crippen MR) is 103 cm³/mol. The summed E-state index contributed by atoms with van der Waals surface area (Å²) in [6.07, 6.45) is 1.75. The van der Waals surface area contributed by atoms with Crippen LogP contribution in [0.1, 0.15) is 30.1 Å². The number of nitrogens with one attached hydrogen (secondary N) is 1. The van der Waals surface area contributed by atoms with Crippen LogP contribution in [0.4, 0.5) is 5.69 Å². The van der Waals surface area contributed by atoms with Crippen molar-refractivity contribution < 1.29 is 13.2 Å². The number of nitrogens with zero attached hydrogens (tertiary/aromatic N) is 1. The summed E-state index contributed by atoms with van der Waals surface area (Å²) in [7, 11) is -3.51. The molecule has 26 heavy (non-hydrogen) atoms. The molecule has 1 saturated heterocycles. The normalized spacial score (nSPS) is 16.4. The second-order valence-corrected chi connectivity index (χ2v) is 8.89. The number of sulfonamides is 1. The van der Waals surface area contributed by atoms with E-state index in [0.717, 1.165) is 12.8 Å². The summed E-state index contributed by atoms with van der Waals surface area (Å²) < 4.78 is 27.0. The van der Waals surface area contributed by atoms with E-state index in [4.69, 9.17) is 11.6 Å². The van der Waals surface area contributed by atoms with Gasteiger partial charge in [-0.1, -0.05) is 30.7 Å². The number of benzene rings is 2. The Kier molecular flexibility index (Phi) is 5.65. The minimum absolute atomic E-state index is 0.210. The maximum atomic E-state index is 12.7. The van der Waals surface area contributed by atoms with E-state index in [0.29, 0.717) is 35.3 Å². The van der Waals surface area contributed by atoms with Crippen LogP contribution in [-0.2, 0) is 10.0 Å². The Morgan fingerprint density at radius 1 is 1.08 bits per heavy atom. The molecule has 0 aliphatic carbocycles. The highest BCUT2D eigenvalue weighted by molar-refractivity contribution is 7.89. The van der Waals surface area contributed by atoms with Crippen molar-refractivity contribution in [3.63, 3.8) is 0 Å². The third kappa shape index (κ3) is 4.09. The van der Waals surface area contributed by atoms with Gasteiger partial charge in [0.2, 0.25) is 10.0 Å². The third-order valence-electron chi connectivity index (χ3n) is 4.62. The minimum atomic E-state index is -3.51. The van der Waals surface area contributed by atoms with Crippen molar-refractivity contribution in [3.05, 3.63) is 59.1 Å². The molecule has 1 aliphatic rings. The molecular formula is C19H21ClN2O3S. The highest BCUT2D eigenvalue weighted by atomic mass is 35.5. The molecule has 5 nitrogen and oxygen atoms in total.